The third kappa shape index (κ3) is 2.82. The summed E-state index contributed by atoms with van der Waals surface area (Å²) >= 11 is 5.51. The number of carbonyl (C=O) groups excluding carboxylic acids is 1. The van der Waals surface area contributed by atoms with Crippen molar-refractivity contribution in [3.05, 3.63) is 42.0 Å². The molecule has 104 valence electrons. The predicted molar refractivity (Wildman–Crippen MR) is 71.9 cm³/mol. The molecule has 1 saturated carbocycles. The number of nitrogens with zero attached hydrogens (tertiary/aromatic N) is 2. The molecule has 4 nitrogen and oxygen atoms in total. The molecule has 0 saturated heterocycles. The molecule has 1 aromatic carbocycles. The van der Waals surface area contributed by atoms with Gasteiger partial charge in [-0.1, -0.05) is 0 Å². The number of hydrogen-bond donors (Lipinski definition) is 0. The van der Waals surface area contributed by atoms with Crippen molar-refractivity contribution >= 4 is 16.8 Å². The molecule has 0 amide bonds. The van der Waals surface area contributed by atoms with Crippen LogP contribution in [0, 0.1) is 11.7 Å². The van der Waals surface area contributed by atoms with Crippen molar-refractivity contribution in [3.63, 3.8) is 0 Å². The van der Waals surface area contributed by atoms with Gasteiger partial charge in [0.15, 0.2) is 11.4 Å². The lowest BCUT2D eigenvalue weighted by Crippen LogP contribution is -2.02. The van der Waals surface area contributed by atoms with Crippen LogP contribution in [0.2, 0.25) is 0 Å². The van der Waals surface area contributed by atoms with Crippen LogP contribution in [-0.4, -0.2) is 21.6 Å². The smallest absolute Gasteiger partial charge is 0.276 e. The second kappa shape index (κ2) is 5.25. The van der Waals surface area contributed by atoms with E-state index in [2.05, 4.69) is 5.10 Å². The van der Waals surface area contributed by atoms with Crippen molar-refractivity contribution in [1.29, 1.82) is 0 Å². The Labute approximate surface area is 120 Å². The molecule has 1 heterocycles. The van der Waals surface area contributed by atoms with Crippen molar-refractivity contribution in [3.8, 4) is 11.4 Å². The van der Waals surface area contributed by atoms with Crippen LogP contribution in [0.3, 0.4) is 0 Å². The number of hydrogen-bond acceptors (Lipinski definition) is 3. The highest BCUT2D eigenvalue weighted by Gasteiger charge is 2.24. The van der Waals surface area contributed by atoms with Crippen molar-refractivity contribution < 1.29 is 13.9 Å². The van der Waals surface area contributed by atoms with Gasteiger partial charge in [0.25, 0.3) is 5.24 Å². The summed E-state index contributed by atoms with van der Waals surface area (Å²) in [5.41, 5.74) is 0.712. The third-order valence-electron chi connectivity index (χ3n) is 3.13. The number of aromatic nitrogens is 2. The number of carbonyl (C=O) groups is 1. The highest BCUT2D eigenvalue weighted by atomic mass is 35.5. The molecular weight excluding hydrogens is 283 g/mol. The lowest BCUT2D eigenvalue weighted by atomic mass is 10.3. The maximum atomic E-state index is 12.9. The van der Waals surface area contributed by atoms with Crippen molar-refractivity contribution in [1.82, 2.24) is 9.78 Å². The molecule has 1 aliphatic rings. The highest BCUT2D eigenvalue weighted by Crippen LogP contribution is 2.30. The molecule has 20 heavy (non-hydrogen) atoms. The zero-order chi connectivity index (χ0) is 14.1. The second-order valence-corrected chi connectivity index (χ2v) is 5.13. The Kier molecular flexibility index (Phi) is 3.44. The van der Waals surface area contributed by atoms with Gasteiger partial charge in [0.05, 0.1) is 18.5 Å². The fourth-order valence-corrected chi connectivity index (χ4v) is 1.95. The summed E-state index contributed by atoms with van der Waals surface area (Å²) in [6.45, 7) is 0.562. The fourth-order valence-electron chi connectivity index (χ4n) is 1.82. The SMILES string of the molecule is O=C(Cl)c1nn(-c2ccc(F)cc2)cc1OCC1CC1. The topological polar surface area (TPSA) is 44.1 Å². The summed E-state index contributed by atoms with van der Waals surface area (Å²) in [5.74, 6) is 0.587. The van der Waals surface area contributed by atoms with Gasteiger partial charge in [0.1, 0.15) is 5.82 Å². The van der Waals surface area contributed by atoms with Gasteiger partial charge in [0, 0.05) is 0 Å². The maximum Gasteiger partial charge on any atom is 0.276 e. The average molecular weight is 295 g/mol. The van der Waals surface area contributed by atoms with Crippen LogP contribution >= 0.6 is 11.6 Å². The molecule has 0 spiro atoms. The Morgan fingerprint density at radius 1 is 1.40 bits per heavy atom. The molecule has 1 fully saturated rings. The molecule has 0 atom stereocenters. The lowest BCUT2D eigenvalue weighted by Gasteiger charge is -2.02. The summed E-state index contributed by atoms with van der Waals surface area (Å²) in [4.78, 5) is 11.4. The number of benzene rings is 1. The van der Waals surface area contributed by atoms with Crippen LogP contribution in [0.15, 0.2) is 30.5 Å². The van der Waals surface area contributed by atoms with Gasteiger partial charge in [-0.05, 0) is 54.6 Å². The fraction of sp³-hybridized carbons (Fsp3) is 0.286. The first kappa shape index (κ1) is 13.1. The molecule has 0 aliphatic heterocycles. The van der Waals surface area contributed by atoms with Gasteiger partial charge in [-0.25, -0.2) is 9.07 Å². The van der Waals surface area contributed by atoms with E-state index in [-0.39, 0.29) is 11.5 Å². The largest absolute Gasteiger partial charge is 0.489 e. The lowest BCUT2D eigenvalue weighted by molar-refractivity contribution is 0.107. The molecule has 1 aliphatic carbocycles. The first-order valence-electron chi connectivity index (χ1n) is 6.32. The van der Waals surface area contributed by atoms with Crippen molar-refractivity contribution in [2.75, 3.05) is 6.61 Å². The summed E-state index contributed by atoms with van der Waals surface area (Å²) in [7, 11) is 0. The van der Waals surface area contributed by atoms with E-state index in [4.69, 9.17) is 16.3 Å². The Morgan fingerprint density at radius 3 is 2.70 bits per heavy atom. The predicted octanol–water partition coefficient (Wildman–Crippen LogP) is 3.18. The van der Waals surface area contributed by atoms with Gasteiger partial charge in [-0.3, -0.25) is 4.79 Å². The normalized spacial score (nSPS) is 14.3. The monoisotopic (exact) mass is 294 g/mol. The minimum atomic E-state index is -0.670. The molecule has 0 bridgehead atoms. The number of rotatable bonds is 5. The number of halogens is 2. The van der Waals surface area contributed by atoms with E-state index in [1.807, 2.05) is 0 Å². The van der Waals surface area contributed by atoms with Crippen LogP contribution in [0.4, 0.5) is 4.39 Å². The zero-order valence-corrected chi connectivity index (χ0v) is 11.3. The third-order valence-corrected chi connectivity index (χ3v) is 3.31. The molecule has 0 unspecified atom stereocenters. The quantitative estimate of drug-likeness (QED) is 0.796. The Hall–Kier alpha value is -1.88. The van der Waals surface area contributed by atoms with Crippen molar-refractivity contribution in [2.24, 2.45) is 5.92 Å². The van der Waals surface area contributed by atoms with E-state index in [9.17, 15) is 9.18 Å². The Balaban J connectivity index is 1.88. The Morgan fingerprint density at radius 2 is 2.10 bits per heavy atom. The minimum Gasteiger partial charge on any atom is -0.489 e. The van der Waals surface area contributed by atoms with Gasteiger partial charge >= 0.3 is 0 Å². The zero-order valence-electron chi connectivity index (χ0n) is 10.6. The second-order valence-electron chi connectivity index (χ2n) is 4.79. The first-order chi connectivity index (χ1) is 9.63. The standard InChI is InChI=1S/C14H12ClFN2O2/c15-14(19)13-12(20-8-9-1-2-9)7-18(17-13)11-5-3-10(16)4-6-11/h3-7,9H,1-2,8H2. The van der Waals surface area contributed by atoms with Gasteiger partial charge < -0.3 is 4.74 Å². The molecule has 1 aromatic heterocycles. The van der Waals surface area contributed by atoms with Gasteiger partial charge in [-0.15, -0.1) is 0 Å². The van der Waals surface area contributed by atoms with Gasteiger partial charge in [0.2, 0.25) is 0 Å². The van der Waals surface area contributed by atoms with Crippen LogP contribution in [0.25, 0.3) is 5.69 Å². The maximum absolute atomic E-state index is 12.9. The molecule has 6 heteroatoms. The highest BCUT2D eigenvalue weighted by molar-refractivity contribution is 6.67. The van der Waals surface area contributed by atoms with E-state index in [1.165, 1.54) is 16.8 Å². The first-order valence-corrected chi connectivity index (χ1v) is 6.69. The van der Waals surface area contributed by atoms with E-state index < -0.39 is 5.24 Å². The van der Waals surface area contributed by atoms with E-state index in [0.29, 0.717) is 24.0 Å². The summed E-state index contributed by atoms with van der Waals surface area (Å²) in [6, 6.07) is 5.78. The molecule has 0 N–H and O–H groups in total. The molecular formula is C14H12ClFN2O2. The summed E-state index contributed by atoms with van der Waals surface area (Å²) in [5, 5.41) is 3.43. The van der Waals surface area contributed by atoms with Gasteiger partial charge in [-0.2, -0.15) is 5.10 Å². The van der Waals surface area contributed by atoms with Crippen molar-refractivity contribution in [2.45, 2.75) is 12.8 Å². The van der Waals surface area contributed by atoms with Crippen LogP contribution < -0.4 is 4.74 Å². The Bertz CT molecular complexity index is 635. The van der Waals surface area contributed by atoms with Crippen LogP contribution in [0.1, 0.15) is 23.3 Å². The summed E-state index contributed by atoms with van der Waals surface area (Å²) in [6.07, 6.45) is 3.89. The van der Waals surface area contributed by atoms with E-state index in [0.717, 1.165) is 12.8 Å². The van der Waals surface area contributed by atoms with E-state index in [1.54, 1.807) is 18.3 Å². The minimum absolute atomic E-state index is 0.0802. The molecule has 0 radical (unpaired) electrons. The summed E-state index contributed by atoms with van der Waals surface area (Å²) < 4.78 is 19.9. The number of ether oxygens (including phenoxy) is 1. The molecule has 2 aromatic rings. The van der Waals surface area contributed by atoms with E-state index >= 15 is 0 Å². The van der Waals surface area contributed by atoms with Crippen LogP contribution in [0.5, 0.6) is 5.75 Å². The van der Waals surface area contributed by atoms with Crippen LogP contribution in [-0.2, 0) is 0 Å². The molecule has 3 rings (SSSR count). The average Bonchev–Trinajstić information content (AvgIpc) is 3.15.